The van der Waals surface area contributed by atoms with Crippen LogP contribution < -0.4 is 0 Å². The van der Waals surface area contributed by atoms with Gasteiger partial charge in [0, 0.05) is 6.42 Å². The van der Waals surface area contributed by atoms with Gasteiger partial charge in [-0.1, -0.05) is 6.92 Å². The van der Waals surface area contributed by atoms with Crippen molar-refractivity contribution in [2.24, 2.45) is 0 Å². The van der Waals surface area contributed by atoms with E-state index >= 15 is 0 Å². The van der Waals surface area contributed by atoms with Gasteiger partial charge in [0.05, 0.1) is 7.11 Å². The van der Waals surface area contributed by atoms with Crippen LogP contribution in [0.2, 0.25) is 0 Å². The van der Waals surface area contributed by atoms with E-state index in [1.165, 1.54) is 13.4 Å². The highest BCUT2D eigenvalue weighted by Gasteiger charge is 1.80. The van der Waals surface area contributed by atoms with Crippen LogP contribution in [0.5, 0.6) is 0 Å². The largest absolute Gasteiger partial charge is 0.481 e. The summed E-state index contributed by atoms with van der Waals surface area (Å²) in [6, 6.07) is 0. The quantitative estimate of drug-likeness (QED) is 0.529. The lowest BCUT2D eigenvalue weighted by molar-refractivity contribution is -0.136. The molecule has 0 radical (unpaired) electrons. The number of methoxy groups -OCH3 is 1. The van der Waals surface area contributed by atoms with Gasteiger partial charge in [-0.25, -0.2) is 0 Å². The van der Waals surface area contributed by atoms with E-state index in [0.717, 1.165) is 0 Å². The molecule has 0 bridgehead atoms. The fourth-order valence-electron chi connectivity index (χ4n) is 0. The molecule has 0 saturated heterocycles. The Balaban J connectivity index is 0. The molecule has 0 aromatic heterocycles. The molecule has 9 heavy (non-hydrogen) atoms. The van der Waals surface area contributed by atoms with Crippen molar-refractivity contribution in [2.75, 3.05) is 7.11 Å². The Morgan fingerprint density at radius 3 is 2.11 bits per heavy atom. The summed E-state index contributed by atoms with van der Waals surface area (Å²) in [5, 5.41) is 15.1. The minimum Gasteiger partial charge on any atom is -0.481 e. The number of nitrogens with zero attached hydrogens (tertiary/aromatic N) is 1. The molecule has 0 aliphatic heterocycles. The average molecular weight is 131 g/mol. The van der Waals surface area contributed by atoms with E-state index in [9.17, 15) is 4.79 Å². The van der Waals surface area contributed by atoms with Crippen molar-refractivity contribution in [1.82, 2.24) is 0 Å². The Bertz CT molecular complexity index is 105. The number of hydrogen-bond acceptors (Lipinski definition) is 3. The molecule has 4 heteroatoms. The van der Waals surface area contributed by atoms with Gasteiger partial charge in [0.2, 0.25) is 0 Å². The summed E-state index contributed by atoms with van der Waals surface area (Å²) in [6.45, 7) is 1.60. The molecule has 0 aliphatic carbocycles. The number of nitriles is 1. The highest BCUT2D eigenvalue weighted by molar-refractivity contribution is 5.66. The topological polar surface area (TPSA) is 70.3 Å². The number of rotatable bonds is 1. The van der Waals surface area contributed by atoms with E-state index in [4.69, 9.17) is 10.4 Å². The first-order valence-electron chi connectivity index (χ1n) is 2.32. The Morgan fingerprint density at radius 1 is 1.89 bits per heavy atom. The summed E-state index contributed by atoms with van der Waals surface area (Å²) in [5.41, 5.74) is 0. The normalized spacial score (nSPS) is 5.89. The van der Waals surface area contributed by atoms with Gasteiger partial charge in [-0.3, -0.25) is 4.79 Å². The molecular weight excluding hydrogens is 122 g/mol. The molecule has 4 nitrogen and oxygen atoms in total. The molecule has 0 rings (SSSR count). The molecule has 0 saturated carbocycles. The third kappa shape index (κ3) is 49.4. The zero-order valence-corrected chi connectivity index (χ0v) is 5.42. The predicted octanol–water partition coefficient (Wildman–Crippen LogP) is 0.595. The highest BCUT2D eigenvalue weighted by Crippen LogP contribution is 1.67. The number of carboxylic acids is 1. The number of aliphatic carboxylic acids is 1. The Labute approximate surface area is 53.7 Å². The number of carboxylic acid groups (broad SMARTS) is 1. The first-order chi connectivity index (χ1) is 4.18. The molecule has 0 unspecified atom stereocenters. The molecule has 0 aliphatic rings. The van der Waals surface area contributed by atoms with Gasteiger partial charge in [-0.05, 0) is 0 Å². The maximum absolute atomic E-state index is 9.37. The lowest BCUT2D eigenvalue weighted by Crippen LogP contribution is -1.86. The van der Waals surface area contributed by atoms with Gasteiger partial charge in [-0.15, -0.1) is 0 Å². The lowest BCUT2D eigenvalue weighted by Gasteiger charge is -1.71. The minimum atomic E-state index is -0.745. The third-order valence-corrected chi connectivity index (χ3v) is 0.394. The van der Waals surface area contributed by atoms with Crippen LogP contribution in [0.3, 0.4) is 0 Å². The first-order valence-corrected chi connectivity index (χ1v) is 2.32. The fourth-order valence-corrected chi connectivity index (χ4v) is 0. The first kappa shape index (κ1) is 10.7. The summed E-state index contributed by atoms with van der Waals surface area (Å²) in [5.74, 6) is -0.745. The van der Waals surface area contributed by atoms with Crippen molar-refractivity contribution in [3.8, 4) is 6.26 Å². The lowest BCUT2D eigenvalue weighted by atomic mass is 10.5. The van der Waals surface area contributed by atoms with E-state index in [1.807, 2.05) is 0 Å². The number of carbonyl (C=O) groups is 1. The number of hydrogen-bond donors (Lipinski definition) is 1. The summed E-state index contributed by atoms with van der Waals surface area (Å²) < 4.78 is 3.85. The zero-order chi connectivity index (χ0) is 7.70. The van der Waals surface area contributed by atoms with Gasteiger partial charge in [-0.2, -0.15) is 5.26 Å². The second kappa shape index (κ2) is 9.90. The van der Waals surface area contributed by atoms with Crippen molar-refractivity contribution in [3.63, 3.8) is 0 Å². The fraction of sp³-hybridized carbons (Fsp3) is 0.600. The van der Waals surface area contributed by atoms with Crippen LogP contribution >= 0.6 is 0 Å². The van der Waals surface area contributed by atoms with Crippen molar-refractivity contribution in [2.45, 2.75) is 13.3 Å². The summed E-state index contributed by atoms with van der Waals surface area (Å²) in [4.78, 5) is 9.37. The maximum Gasteiger partial charge on any atom is 0.303 e. The Hall–Kier alpha value is -1.24. The molecule has 52 valence electrons. The monoisotopic (exact) mass is 131 g/mol. The number of ether oxygens (including phenoxy) is 1. The van der Waals surface area contributed by atoms with E-state index in [-0.39, 0.29) is 6.42 Å². The molecule has 1 N–H and O–H groups in total. The summed E-state index contributed by atoms with van der Waals surface area (Å²) >= 11 is 0. The average Bonchev–Trinajstić information content (AvgIpc) is 1.89. The van der Waals surface area contributed by atoms with Crippen LogP contribution in [0, 0.1) is 11.5 Å². The van der Waals surface area contributed by atoms with Crippen LogP contribution in [0.1, 0.15) is 13.3 Å². The van der Waals surface area contributed by atoms with Crippen molar-refractivity contribution >= 4 is 5.97 Å². The van der Waals surface area contributed by atoms with E-state index in [2.05, 4.69) is 4.74 Å². The van der Waals surface area contributed by atoms with Crippen molar-refractivity contribution < 1.29 is 14.6 Å². The second-order valence-electron chi connectivity index (χ2n) is 1.04. The zero-order valence-electron chi connectivity index (χ0n) is 5.42. The van der Waals surface area contributed by atoms with E-state index < -0.39 is 5.97 Å². The van der Waals surface area contributed by atoms with Gasteiger partial charge < -0.3 is 9.84 Å². The molecule has 0 heterocycles. The van der Waals surface area contributed by atoms with Crippen LogP contribution in [0.25, 0.3) is 0 Å². The van der Waals surface area contributed by atoms with Gasteiger partial charge in [0.15, 0.2) is 0 Å². The highest BCUT2D eigenvalue weighted by atomic mass is 16.5. The summed E-state index contributed by atoms with van der Waals surface area (Å²) in [6.07, 6.45) is 1.65. The summed E-state index contributed by atoms with van der Waals surface area (Å²) in [7, 11) is 1.32. The standard InChI is InChI=1S/C3H6O2.C2H3NO/c1-2-3(4)5;1-4-2-3/h2H2,1H3,(H,4,5);1H3. The third-order valence-electron chi connectivity index (χ3n) is 0.394. The van der Waals surface area contributed by atoms with E-state index in [0.29, 0.717) is 0 Å². The molecular formula is C5H9NO3. The van der Waals surface area contributed by atoms with Gasteiger partial charge >= 0.3 is 5.97 Å². The molecule has 0 spiro atoms. The van der Waals surface area contributed by atoms with Gasteiger partial charge in [0.1, 0.15) is 0 Å². The maximum atomic E-state index is 9.37. The van der Waals surface area contributed by atoms with E-state index in [1.54, 1.807) is 6.92 Å². The van der Waals surface area contributed by atoms with Crippen LogP contribution in [0.4, 0.5) is 0 Å². The Morgan fingerprint density at radius 2 is 2.11 bits per heavy atom. The van der Waals surface area contributed by atoms with Crippen LogP contribution in [-0.4, -0.2) is 18.2 Å². The SMILES string of the molecule is CCC(=O)O.COC#N. The Kier molecular flexibility index (Phi) is 11.8. The molecule has 0 aromatic carbocycles. The molecule has 0 atom stereocenters. The minimum absolute atomic E-state index is 0.222. The predicted molar refractivity (Wildman–Crippen MR) is 30.5 cm³/mol. The smallest absolute Gasteiger partial charge is 0.303 e. The molecule has 0 fully saturated rings. The van der Waals surface area contributed by atoms with Crippen molar-refractivity contribution in [3.05, 3.63) is 0 Å². The van der Waals surface area contributed by atoms with Crippen LogP contribution in [-0.2, 0) is 9.53 Å². The molecule has 0 amide bonds. The van der Waals surface area contributed by atoms with Crippen LogP contribution in [0.15, 0.2) is 0 Å². The van der Waals surface area contributed by atoms with Gasteiger partial charge in [0.25, 0.3) is 6.26 Å². The van der Waals surface area contributed by atoms with Crippen molar-refractivity contribution in [1.29, 1.82) is 5.26 Å². The molecule has 0 aromatic rings. The second-order valence-corrected chi connectivity index (χ2v) is 1.04.